The molecule has 0 aromatic carbocycles. The van der Waals surface area contributed by atoms with Gasteiger partial charge >= 0.3 is 0 Å². The molecule has 0 saturated carbocycles. The van der Waals surface area contributed by atoms with Crippen LogP contribution in [-0.4, -0.2) is 22.8 Å². The molecule has 0 spiro atoms. The van der Waals surface area contributed by atoms with Crippen molar-refractivity contribution in [1.82, 2.24) is 9.55 Å². The standard InChI is InChI=1S/C9H16N2OS/c1-2-3-7-12-8-6-11-5-4-10-9(11)13/h4-5H,2-3,6-8H2,1H3,(H,10,13). The lowest BCUT2D eigenvalue weighted by Gasteiger charge is -2.03. The van der Waals surface area contributed by atoms with Gasteiger partial charge < -0.3 is 14.3 Å². The average Bonchev–Trinajstić information content (AvgIpc) is 2.52. The molecule has 0 aliphatic heterocycles. The van der Waals surface area contributed by atoms with Gasteiger partial charge in [0.15, 0.2) is 4.77 Å². The maximum atomic E-state index is 5.42. The van der Waals surface area contributed by atoms with Gasteiger partial charge in [-0.15, -0.1) is 0 Å². The molecule has 4 heteroatoms. The number of nitrogens with one attached hydrogen (secondary N) is 1. The van der Waals surface area contributed by atoms with Crippen molar-refractivity contribution in [2.24, 2.45) is 0 Å². The predicted molar refractivity (Wildman–Crippen MR) is 55.3 cm³/mol. The molecule has 0 bridgehead atoms. The molecule has 0 saturated heterocycles. The summed E-state index contributed by atoms with van der Waals surface area (Å²) in [5, 5.41) is 0. The maximum absolute atomic E-state index is 5.42. The molecular weight excluding hydrogens is 184 g/mol. The quantitative estimate of drug-likeness (QED) is 0.564. The maximum Gasteiger partial charge on any atom is 0.177 e. The molecule has 74 valence electrons. The Kier molecular flexibility index (Phi) is 4.78. The van der Waals surface area contributed by atoms with Gasteiger partial charge in [0, 0.05) is 25.5 Å². The van der Waals surface area contributed by atoms with Crippen molar-refractivity contribution in [3.8, 4) is 0 Å². The van der Waals surface area contributed by atoms with Crippen LogP contribution in [0.15, 0.2) is 12.4 Å². The summed E-state index contributed by atoms with van der Waals surface area (Å²) in [4.78, 5) is 2.94. The highest BCUT2D eigenvalue weighted by Gasteiger charge is 1.92. The summed E-state index contributed by atoms with van der Waals surface area (Å²) in [7, 11) is 0. The average molecular weight is 200 g/mol. The molecule has 1 N–H and O–H groups in total. The van der Waals surface area contributed by atoms with Crippen molar-refractivity contribution in [3.63, 3.8) is 0 Å². The normalized spacial score (nSPS) is 10.5. The summed E-state index contributed by atoms with van der Waals surface area (Å²) in [5.74, 6) is 0. The Morgan fingerprint density at radius 3 is 3.00 bits per heavy atom. The van der Waals surface area contributed by atoms with Crippen LogP contribution in [0, 0.1) is 4.77 Å². The lowest BCUT2D eigenvalue weighted by atomic mass is 10.4. The van der Waals surface area contributed by atoms with Crippen LogP contribution in [0.3, 0.4) is 0 Å². The third-order valence-electron chi connectivity index (χ3n) is 1.84. The number of imidazole rings is 1. The van der Waals surface area contributed by atoms with Crippen molar-refractivity contribution < 1.29 is 4.74 Å². The first kappa shape index (κ1) is 10.5. The molecule has 13 heavy (non-hydrogen) atoms. The zero-order chi connectivity index (χ0) is 9.52. The first-order valence-electron chi connectivity index (χ1n) is 4.66. The largest absolute Gasteiger partial charge is 0.380 e. The van der Waals surface area contributed by atoms with E-state index in [1.807, 2.05) is 17.0 Å². The van der Waals surface area contributed by atoms with Crippen molar-refractivity contribution >= 4 is 12.2 Å². The van der Waals surface area contributed by atoms with E-state index in [2.05, 4.69) is 11.9 Å². The molecule has 0 unspecified atom stereocenters. The lowest BCUT2D eigenvalue weighted by Crippen LogP contribution is -2.05. The second kappa shape index (κ2) is 5.94. The van der Waals surface area contributed by atoms with Gasteiger partial charge in [-0.25, -0.2) is 0 Å². The fraction of sp³-hybridized carbons (Fsp3) is 0.667. The summed E-state index contributed by atoms with van der Waals surface area (Å²) in [6, 6.07) is 0. The topological polar surface area (TPSA) is 29.9 Å². The van der Waals surface area contributed by atoms with E-state index in [0.29, 0.717) is 0 Å². The van der Waals surface area contributed by atoms with Gasteiger partial charge in [-0.3, -0.25) is 0 Å². The van der Waals surface area contributed by atoms with Crippen molar-refractivity contribution in [3.05, 3.63) is 17.2 Å². The summed E-state index contributed by atoms with van der Waals surface area (Å²) in [6.07, 6.45) is 6.10. The highest BCUT2D eigenvalue weighted by Crippen LogP contribution is 1.92. The summed E-state index contributed by atoms with van der Waals surface area (Å²) < 4.78 is 8.16. The fourth-order valence-corrected chi connectivity index (χ4v) is 1.26. The first-order valence-corrected chi connectivity index (χ1v) is 5.07. The zero-order valence-electron chi connectivity index (χ0n) is 7.95. The third kappa shape index (κ3) is 3.74. The Balaban J connectivity index is 2.13. The number of rotatable bonds is 6. The summed E-state index contributed by atoms with van der Waals surface area (Å²) in [5.41, 5.74) is 0. The van der Waals surface area contributed by atoms with Gasteiger partial charge in [-0.1, -0.05) is 13.3 Å². The van der Waals surface area contributed by atoms with Crippen LogP contribution >= 0.6 is 12.2 Å². The van der Waals surface area contributed by atoms with Gasteiger partial charge in [-0.2, -0.15) is 0 Å². The van der Waals surface area contributed by atoms with Crippen molar-refractivity contribution in [2.45, 2.75) is 26.3 Å². The summed E-state index contributed by atoms with van der Waals surface area (Å²) in [6.45, 7) is 4.60. The molecule has 1 rings (SSSR count). The number of H-pyrrole nitrogens is 1. The van der Waals surface area contributed by atoms with E-state index < -0.39 is 0 Å². The highest BCUT2D eigenvalue weighted by atomic mass is 32.1. The Morgan fingerprint density at radius 1 is 1.54 bits per heavy atom. The minimum absolute atomic E-state index is 0.742. The number of ether oxygens (including phenoxy) is 1. The lowest BCUT2D eigenvalue weighted by molar-refractivity contribution is 0.123. The predicted octanol–water partition coefficient (Wildman–Crippen LogP) is 2.36. The number of aromatic nitrogens is 2. The van der Waals surface area contributed by atoms with Crippen LogP contribution in [0.1, 0.15) is 19.8 Å². The third-order valence-corrected chi connectivity index (χ3v) is 2.19. The summed E-state index contributed by atoms with van der Waals surface area (Å²) >= 11 is 5.04. The van der Waals surface area contributed by atoms with E-state index >= 15 is 0 Å². The molecule has 1 aromatic heterocycles. The number of hydrogen-bond donors (Lipinski definition) is 1. The Bertz CT molecular complexity index is 279. The highest BCUT2D eigenvalue weighted by molar-refractivity contribution is 7.71. The number of hydrogen-bond acceptors (Lipinski definition) is 2. The number of unbranched alkanes of at least 4 members (excludes halogenated alkanes) is 1. The van der Waals surface area contributed by atoms with Gasteiger partial charge in [0.1, 0.15) is 0 Å². The second-order valence-corrected chi connectivity index (χ2v) is 3.31. The van der Waals surface area contributed by atoms with E-state index in [0.717, 1.165) is 31.0 Å². The van der Waals surface area contributed by atoms with Crippen LogP contribution in [0.2, 0.25) is 0 Å². The Hall–Kier alpha value is -0.610. The molecular formula is C9H16N2OS. The fourth-order valence-electron chi connectivity index (χ4n) is 1.04. The minimum atomic E-state index is 0.742. The number of aromatic amines is 1. The van der Waals surface area contributed by atoms with Crippen molar-refractivity contribution in [1.29, 1.82) is 0 Å². The van der Waals surface area contributed by atoms with Gasteiger partial charge in [-0.05, 0) is 18.6 Å². The second-order valence-electron chi connectivity index (χ2n) is 2.92. The van der Waals surface area contributed by atoms with E-state index in [1.165, 1.54) is 6.42 Å². The van der Waals surface area contributed by atoms with Gasteiger partial charge in [0.05, 0.1) is 6.61 Å². The van der Waals surface area contributed by atoms with Gasteiger partial charge in [0.2, 0.25) is 0 Å². The molecule has 0 aliphatic rings. The molecule has 1 aromatic rings. The van der Waals surface area contributed by atoms with Crippen LogP contribution in [-0.2, 0) is 11.3 Å². The molecule has 0 fully saturated rings. The monoisotopic (exact) mass is 200 g/mol. The van der Waals surface area contributed by atoms with Crippen LogP contribution in [0.25, 0.3) is 0 Å². The van der Waals surface area contributed by atoms with Crippen LogP contribution < -0.4 is 0 Å². The van der Waals surface area contributed by atoms with Crippen LogP contribution in [0.4, 0.5) is 0 Å². The molecule has 1 heterocycles. The molecule has 0 amide bonds. The Morgan fingerprint density at radius 2 is 2.38 bits per heavy atom. The molecule has 0 aliphatic carbocycles. The SMILES string of the molecule is CCCCOCCn1cc[nH]c1=S. The van der Waals surface area contributed by atoms with E-state index in [9.17, 15) is 0 Å². The Labute approximate surface area is 83.7 Å². The molecule has 3 nitrogen and oxygen atoms in total. The first-order chi connectivity index (χ1) is 6.34. The molecule has 0 radical (unpaired) electrons. The van der Waals surface area contributed by atoms with E-state index in [-0.39, 0.29) is 0 Å². The van der Waals surface area contributed by atoms with E-state index in [1.54, 1.807) is 0 Å². The van der Waals surface area contributed by atoms with E-state index in [4.69, 9.17) is 17.0 Å². The van der Waals surface area contributed by atoms with Crippen LogP contribution in [0.5, 0.6) is 0 Å². The smallest absolute Gasteiger partial charge is 0.177 e. The zero-order valence-corrected chi connectivity index (χ0v) is 8.77. The number of nitrogens with zero attached hydrogens (tertiary/aromatic N) is 1. The molecule has 0 atom stereocenters. The minimum Gasteiger partial charge on any atom is -0.380 e. The van der Waals surface area contributed by atoms with Crippen molar-refractivity contribution in [2.75, 3.05) is 13.2 Å². The van der Waals surface area contributed by atoms with Gasteiger partial charge in [0.25, 0.3) is 0 Å².